The number of rotatable bonds is 8. The van der Waals surface area contributed by atoms with Gasteiger partial charge < -0.3 is 24.3 Å². The van der Waals surface area contributed by atoms with Crippen LogP contribution in [0.1, 0.15) is 12.0 Å². The van der Waals surface area contributed by atoms with Crippen molar-refractivity contribution in [1.82, 2.24) is 5.32 Å². The van der Waals surface area contributed by atoms with Gasteiger partial charge in [0.15, 0.2) is 11.5 Å². The van der Waals surface area contributed by atoms with E-state index in [0.29, 0.717) is 29.8 Å². The Labute approximate surface area is 126 Å². The second-order valence-electron chi connectivity index (χ2n) is 5.28. The fourth-order valence-electron chi connectivity index (χ4n) is 2.43. The molecule has 1 atom stereocenters. The highest BCUT2D eigenvalue weighted by molar-refractivity contribution is 5.53. The van der Waals surface area contributed by atoms with E-state index in [-0.39, 0.29) is 0 Å². The van der Waals surface area contributed by atoms with Crippen LogP contribution in [0, 0.1) is 12.8 Å². The summed E-state index contributed by atoms with van der Waals surface area (Å²) in [7, 11) is 3.28. The number of benzene rings is 1. The molecule has 1 aliphatic rings. The summed E-state index contributed by atoms with van der Waals surface area (Å²) in [5.41, 5.74) is 1.08. The van der Waals surface area contributed by atoms with Crippen molar-refractivity contribution < 1.29 is 18.9 Å². The molecule has 0 spiro atoms. The summed E-state index contributed by atoms with van der Waals surface area (Å²) in [5, 5.41) is 3.40. The number of hydrogen-bond donors (Lipinski definition) is 1. The second kappa shape index (κ2) is 8.10. The molecule has 0 saturated carbocycles. The van der Waals surface area contributed by atoms with Crippen molar-refractivity contribution in [3.63, 3.8) is 0 Å². The average molecular weight is 295 g/mol. The van der Waals surface area contributed by atoms with Crippen molar-refractivity contribution in [2.45, 2.75) is 13.3 Å². The molecule has 1 N–H and O–H groups in total. The molecular weight excluding hydrogens is 270 g/mol. The lowest BCUT2D eigenvalue weighted by Crippen LogP contribution is -2.27. The highest BCUT2D eigenvalue weighted by Crippen LogP contribution is 2.38. The maximum atomic E-state index is 5.83. The minimum atomic E-state index is 0.573. The van der Waals surface area contributed by atoms with E-state index in [2.05, 4.69) is 5.32 Å². The molecule has 0 radical (unpaired) electrons. The fourth-order valence-corrected chi connectivity index (χ4v) is 2.43. The van der Waals surface area contributed by atoms with Gasteiger partial charge in [-0.25, -0.2) is 0 Å². The molecule has 1 heterocycles. The fraction of sp³-hybridized carbons (Fsp3) is 0.625. The molecule has 0 aromatic heterocycles. The van der Waals surface area contributed by atoms with Gasteiger partial charge in [-0.3, -0.25) is 0 Å². The number of methoxy groups -OCH3 is 2. The van der Waals surface area contributed by atoms with Crippen LogP contribution in [0.2, 0.25) is 0 Å². The predicted molar refractivity (Wildman–Crippen MR) is 81.6 cm³/mol. The summed E-state index contributed by atoms with van der Waals surface area (Å²) < 4.78 is 21.9. The van der Waals surface area contributed by atoms with E-state index >= 15 is 0 Å². The van der Waals surface area contributed by atoms with E-state index in [1.54, 1.807) is 14.2 Å². The molecule has 1 aromatic rings. The summed E-state index contributed by atoms with van der Waals surface area (Å²) in [6.45, 7) is 6.10. The minimum Gasteiger partial charge on any atom is -0.493 e. The Kier molecular flexibility index (Phi) is 6.14. The lowest BCUT2D eigenvalue weighted by atomic mass is 10.1. The van der Waals surface area contributed by atoms with Crippen LogP contribution in [-0.4, -0.2) is 47.1 Å². The van der Waals surface area contributed by atoms with Crippen LogP contribution in [-0.2, 0) is 4.74 Å². The van der Waals surface area contributed by atoms with Crippen LogP contribution in [0.5, 0.6) is 17.2 Å². The van der Waals surface area contributed by atoms with E-state index in [0.717, 1.165) is 38.3 Å². The van der Waals surface area contributed by atoms with E-state index in [4.69, 9.17) is 18.9 Å². The maximum absolute atomic E-state index is 5.83. The second-order valence-corrected chi connectivity index (χ2v) is 5.28. The zero-order valence-corrected chi connectivity index (χ0v) is 13.1. The van der Waals surface area contributed by atoms with Gasteiger partial charge in [0.2, 0.25) is 5.75 Å². The van der Waals surface area contributed by atoms with Crippen LogP contribution < -0.4 is 19.5 Å². The van der Waals surface area contributed by atoms with Crippen molar-refractivity contribution in [3.05, 3.63) is 17.7 Å². The van der Waals surface area contributed by atoms with E-state index in [1.807, 2.05) is 19.1 Å². The number of ether oxygens (including phenoxy) is 4. The Hall–Kier alpha value is -1.46. The largest absolute Gasteiger partial charge is 0.493 e. The van der Waals surface area contributed by atoms with Crippen molar-refractivity contribution in [1.29, 1.82) is 0 Å². The lowest BCUT2D eigenvalue weighted by molar-refractivity contribution is 0.184. The highest BCUT2D eigenvalue weighted by atomic mass is 16.5. The van der Waals surface area contributed by atoms with E-state index in [9.17, 15) is 0 Å². The first-order valence-electron chi connectivity index (χ1n) is 7.38. The molecule has 1 aliphatic heterocycles. The molecule has 0 aliphatic carbocycles. The van der Waals surface area contributed by atoms with Crippen molar-refractivity contribution in [2.24, 2.45) is 5.92 Å². The average Bonchev–Trinajstić information content (AvgIpc) is 3.00. The van der Waals surface area contributed by atoms with Crippen molar-refractivity contribution in [2.75, 3.05) is 47.1 Å². The zero-order chi connectivity index (χ0) is 15.1. The molecule has 2 rings (SSSR count). The minimum absolute atomic E-state index is 0.573. The van der Waals surface area contributed by atoms with Gasteiger partial charge in [0.1, 0.15) is 6.61 Å². The standard InChI is InChI=1S/C16H25NO4/c1-12-8-14(18-2)16(15(9-12)19-3)21-7-5-17-10-13-4-6-20-11-13/h8-9,13,17H,4-7,10-11H2,1-3H3. The van der Waals surface area contributed by atoms with Gasteiger partial charge in [-0.1, -0.05) is 0 Å². The van der Waals surface area contributed by atoms with Gasteiger partial charge >= 0.3 is 0 Å². The summed E-state index contributed by atoms with van der Waals surface area (Å²) >= 11 is 0. The van der Waals surface area contributed by atoms with Crippen molar-refractivity contribution in [3.8, 4) is 17.2 Å². The van der Waals surface area contributed by atoms with E-state index in [1.165, 1.54) is 0 Å². The van der Waals surface area contributed by atoms with Gasteiger partial charge in [0, 0.05) is 19.7 Å². The first-order chi connectivity index (χ1) is 10.2. The first-order valence-corrected chi connectivity index (χ1v) is 7.38. The molecule has 1 aromatic carbocycles. The van der Waals surface area contributed by atoms with Gasteiger partial charge in [-0.05, 0) is 37.0 Å². The number of nitrogens with one attached hydrogen (secondary N) is 1. The third kappa shape index (κ3) is 4.51. The van der Waals surface area contributed by atoms with Gasteiger partial charge in [-0.15, -0.1) is 0 Å². The van der Waals surface area contributed by atoms with Gasteiger partial charge in [0.05, 0.1) is 20.8 Å². The SMILES string of the molecule is COc1cc(C)cc(OC)c1OCCNCC1CCOC1. The molecule has 21 heavy (non-hydrogen) atoms. The normalized spacial score (nSPS) is 17.8. The first kappa shape index (κ1) is 15.9. The number of hydrogen-bond acceptors (Lipinski definition) is 5. The summed E-state index contributed by atoms with van der Waals surface area (Å²) in [5.74, 6) is 2.71. The highest BCUT2D eigenvalue weighted by Gasteiger charge is 2.15. The molecule has 1 unspecified atom stereocenters. The number of aryl methyl sites for hydroxylation is 1. The van der Waals surface area contributed by atoms with Crippen LogP contribution in [0.25, 0.3) is 0 Å². The van der Waals surface area contributed by atoms with Crippen LogP contribution in [0.4, 0.5) is 0 Å². The Balaban J connectivity index is 1.81. The molecule has 118 valence electrons. The lowest BCUT2D eigenvalue weighted by Gasteiger charge is -2.16. The third-order valence-corrected chi connectivity index (χ3v) is 3.59. The van der Waals surface area contributed by atoms with E-state index < -0.39 is 0 Å². The topological polar surface area (TPSA) is 49.0 Å². The molecule has 1 saturated heterocycles. The molecule has 0 bridgehead atoms. The van der Waals surface area contributed by atoms with Gasteiger partial charge in [-0.2, -0.15) is 0 Å². The Bertz CT molecular complexity index is 419. The third-order valence-electron chi connectivity index (χ3n) is 3.59. The summed E-state index contributed by atoms with van der Waals surface area (Å²) in [4.78, 5) is 0. The van der Waals surface area contributed by atoms with Crippen molar-refractivity contribution >= 4 is 0 Å². The molecule has 1 fully saturated rings. The molecular formula is C16H25NO4. The smallest absolute Gasteiger partial charge is 0.203 e. The Morgan fingerprint density at radius 2 is 1.95 bits per heavy atom. The Morgan fingerprint density at radius 3 is 2.52 bits per heavy atom. The quantitative estimate of drug-likeness (QED) is 0.744. The molecule has 0 amide bonds. The zero-order valence-electron chi connectivity index (χ0n) is 13.1. The molecule has 5 nitrogen and oxygen atoms in total. The van der Waals surface area contributed by atoms with Crippen LogP contribution >= 0.6 is 0 Å². The summed E-state index contributed by atoms with van der Waals surface area (Å²) in [6, 6.07) is 3.89. The monoisotopic (exact) mass is 295 g/mol. The maximum Gasteiger partial charge on any atom is 0.203 e. The Morgan fingerprint density at radius 1 is 1.24 bits per heavy atom. The van der Waals surface area contributed by atoms with Crippen LogP contribution in [0.15, 0.2) is 12.1 Å². The van der Waals surface area contributed by atoms with Gasteiger partial charge in [0.25, 0.3) is 0 Å². The molecule has 5 heteroatoms. The predicted octanol–water partition coefficient (Wildman–Crippen LogP) is 2.02. The van der Waals surface area contributed by atoms with Crippen LogP contribution in [0.3, 0.4) is 0 Å². The summed E-state index contributed by atoms with van der Waals surface area (Å²) in [6.07, 6.45) is 1.15.